The van der Waals surface area contributed by atoms with Crippen molar-refractivity contribution in [2.24, 2.45) is 17.3 Å². The lowest BCUT2D eigenvalue weighted by Crippen LogP contribution is -2.65. The molecule has 2 saturated heterocycles. The zero-order chi connectivity index (χ0) is 21.6. The number of rotatable bonds is 0. The lowest BCUT2D eigenvalue weighted by Gasteiger charge is -2.62. The van der Waals surface area contributed by atoms with Gasteiger partial charge >= 0.3 is 0 Å². The quantitative estimate of drug-likeness (QED) is 0.394. The number of allylic oxidation sites excluding steroid dienone is 8. The third kappa shape index (κ3) is 5.07. The van der Waals surface area contributed by atoms with Crippen molar-refractivity contribution in [2.75, 3.05) is 32.7 Å². The maximum absolute atomic E-state index is 2.95. The van der Waals surface area contributed by atoms with Gasteiger partial charge in [0.05, 0.1) is 0 Å². The minimum absolute atomic E-state index is 0.494. The van der Waals surface area contributed by atoms with Crippen LogP contribution >= 0.6 is 0 Å². The SMILES string of the molecule is C1=C\C/C=C\CC[C@@]23CN(CC/C=C\C/1)C[C@H]1C/C4=C/C/C=C/CCCCN(C2)[C@@H]4C[C@H]13. The van der Waals surface area contributed by atoms with E-state index in [1.807, 2.05) is 0 Å². The van der Waals surface area contributed by atoms with E-state index in [-0.39, 0.29) is 0 Å². The van der Waals surface area contributed by atoms with Gasteiger partial charge in [0.1, 0.15) is 0 Å². The van der Waals surface area contributed by atoms with Crippen LogP contribution in [0.1, 0.15) is 70.6 Å². The molecule has 4 aliphatic heterocycles. The van der Waals surface area contributed by atoms with Crippen LogP contribution in [0.15, 0.2) is 60.3 Å². The molecule has 174 valence electrons. The Morgan fingerprint density at radius 2 is 1.53 bits per heavy atom. The second-order valence-corrected chi connectivity index (χ2v) is 11.1. The van der Waals surface area contributed by atoms with Crippen LogP contribution < -0.4 is 0 Å². The Balaban J connectivity index is 1.43. The summed E-state index contributed by atoms with van der Waals surface area (Å²) in [6.45, 7) is 6.54. The van der Waals surface area contributed by atoms with Crippen LogP contribution in [0, 0.1) is 17.3 Å². The smallest absolute Gasteiger partial charge is 0.0310 e. The molecule has 1 saturated carbocycles. The summed E-state index contributed by atoms with van der Waals surface area (Å²) in [5.41, 5.74) is 2.28. The summed E-state index contributed by atoms with van der Waals surface area (Å²) in [6.07, 6.45) is 35.7. The van der Waals surface area contributed by atoms with Crippen LogP contribution in [0.3, 0.4) is 0 Å². The average Bonchev–Trinajstić information content (AvgIpc) is 2.84. The summed E-state index contributed by atoms with van der Waals surface area (Å²) < 4.78 is 0. The van der Waals surface area contributed by atoms with Gasteiger partial charge in [0.15, 0.2) is 0 Å². The molecular weight excluding hydrogens is 388 g/mol. The van der Waals surface area contributed by atoms with Crippen LogP contribution in [0.25, 0.3) is 0 Å². The highest BCUT2D eigenvalue weighted by atomic mass is 15.2. The Hall–Kier alpha value is -1.38. The lowest BCUT2D eigenvalue weighted by atomic mass is 9.54. The fourth-order valence-electron chi connectivity index (χ4n) is 7.52. The molecule has 4 bridgehead atoms. The van der Waals surface area contributed by atoms with Crippen molar-refractivity contribution < 1.29 is 0 Å². The van der Waals surface area contributed by atoms with Crippen molar-refractivity contribution in [1.82, 2.24) is 9.80 Å². The van der Waals surface area contributed by atoms with Gasteiger partial charge in [-0.05, 0) is 94.4 Å². The third-order valence-corrected chi connectivity index (χ3v) is 8.96. The van der Waals surface area contributed by atoms with Gasteiger partial charge in [-0.1, -0.05) is 60.3 Å². The number of piperidine rings is 2. The molecule has 5 aliphatic rings. The molecule has 0 aromatic heterocycles. The van der Waals surface area contributed by atoms with Crippen molar-refractivity contribution in [3.05, 3.63) is 60.3 Å². The molecular formula is C30H44N2. The Morgan fingerprint density at radius 3 is 2.44 bits per heavy atom. The van der Waals surface area contributed by atoms with Crippen molar-refractivity contribution in [2.45, 2.75) is 76.7 Å². The predicted molar refractivity (Wildman–Crippen MR) is 137 cm³/mol. The minimum atomic E-state index is 0.494. The lowest BCUT2D eigenvalue weighted by molar-refractivity contribution is -0.107. The first-order valence-corrected chi connectivity index (χ1v) is 13.6. The third-order valence-electron chi connectivity index (χ3n) is 8.96. The van der Waals surface area contributed by atoms with Crippen molar-refractivity contribution in [1.29, 1.82) is 0 Å². The van der Waals surface area contributed by atoms with Gasteiger partial charge in [0.2, 0.25) is 0 Å². The molecule has 0 N–H and O–H groups in total. The topological polar surface area (TPSA) is 6.48 Å². The highest BCUT2D eigenvalue weighted by molar-refractivity contribution is 5.23. The van der Waals surface area contributed by atoms with E-state index in [2.05, 4.69) is 64.5 Å². The van der Waals surface area contributed by atoms with E-state index in [1.165, 1.54) is 84.1 Å². The molecule has 2 heteroatoms. The van der Waals surface area contributed by atoms with Crippen LogP contribution in [0.2, 0.25) is 0 Å². The zero-order valence-electron chi connectivity index (χ0n) is 20.1. The largest absolute Gasteiger partial charge is 0.302 e. The zero-order valence-corrected chi connectivity index (χ0v) is 20.1. The Labute approximate surface area is 196 Å². The van der Waals surface area contributed by atoms with E-state index in [1.54, 1.807) is 5.57 Å². The van der Waals surface area contributed by atoms with Gasteiger partial charge < -0.3 is 4.90 Å². The second kappa shape index (κ2) is 10.7. The van der Waals surface area contributed by atoms with Gasteiger partial charge in [-0.3, -0.25) is 4.90 Å². The first-order chi connectivity index (χ1) is 15.8. The van der Waals surface area contributed by atoms with Gasteiger partial charge in [-0.25, -0.2) is 0 Å². The number of hydrogen-bond acceptors (Lipinski definition) is 2. The summed E-state index contributed by atoms with van der Waals surface area (Å²) in [5.74, 6) is 1.80. The molecule has 32 heavy (non-hydrogen) atoms. The average molecular weight is 433 g/mol. The predicted octanol–water partition coefficient (Wildman–Crippen LogP) is 6.69. The molecule has 5 rings (SSSR count). The maximum Gasteiger partial charge on any atom is 0.0310 e. The minimum Gasteiger partial charge on any atom is -0.302 e. The first-order valence-electron chi connectivity index (χ1n) is 13.6. The molecule has 1 spiro atoms. The number of hydrogen-bond donors (Lipinski definition) is 0. The summed E-state index contributed by atoms with van der Waals surface area (Å²) in [4.78, 5) is 5.82. The van der Waals surface area contributed by atoms with E-state index >= 15 is 0 Å². The number of nitrogens with zero attached hydrogens (tertiary/aromatic N) is 2. The highest BCUT2D eigenvalue weighted by Crippen LogP contribution is 2.55. The van der Waals surface area contributed by atoms with Gasteiger partial charge in [0.25, 0.3) is 0 Å². The molecule has 0 aromatic carbocycles. The van der Waals surface area contributed by atoms with Crippen molar-refractivity contribution >= 4 is 0 Å². The van der Waals surface area contributed by atoms with Gasteiger partial charge in [-0.15, -0.1) is 0 Å². The van der Waals surface area contributed by atoms with Gasteiger partial charge in [-0.2, -0.15) is 0 Å². The fraction of sp³-hybridized carbons (Fsp3) is 0.667. The summed E-state index contributed by atoms with van der Waals surface area (Å²) in [6, 6.07) is 0.736. The van der Waals surface area contributed by atoms with E-state index in [9.17, 15) is 0 Å². The van der Waals surface area contributed by atoms with E-state index in [0.717, 1.165) is 37.1 Å². The Morgan fingerprint density at radius 1 is 0.750 bits per heavy atom. The molecule has 1 aliphatic carbocycles. The molecule has 0 amide bonds. The Bertz CT molecular complexity index is 772. The highest BCUT2D eigenvalue weighted by Gasteiger charge is 2.55. The maximum atomic E-state index is 2.95. The van der Waals surface area contributed by atoms with E-state index in [0.29, 0.717) is 5.41 Å². The summed E-state index contributed by atoms with van der Waals surface area (Å²) >= 11 is 0. The molecule has 1 unspecified atom stereocenters. The summed E-state index contributed by atoms with van der Waals surface area (Å²) in [7, 11) is 0. The fourth-order valence-corrected chi connectivity index (χ4v) is 7.52. The van der Waals surface area contributed by atoms with Crippen LogP contribution in [-0.4, -0.2) is 48.6 Å². The monoisotopic (exact) mass is 432 g/mol. The molecule has 0 radical (unpaired) electrons. The van der Waals surface area contributed by atoms with Crippen LogP contribution in [0.5, 0.6) is 0 Å². The normalized spacial score (nSPS) is 44.4. The molecule has 0 aromatic rings. The van der Waals surface area contributed by atoms with Crippen LogP contribution in [0.4, 0.5) is 0 Å². The molecule has 4 heterocycles. The van der Waals surface area contributed by atoms with Gasteiger partial charge in [0, 0.05) is 32.2 Å². The second-order valence-electron chi connectivity index (χ2n) is 11.1. The Kier molecular flexibility index (Phi) is 7.49. The van der Waals surface area contributed by atoms with Crippen molar-refractivity contribution in [3.63, 3.8) is 0 Å². The summed E-state index contributed by atoms with van der Waals surface area (Å²) in [5, 5.41) is 0. The molecule has 2 nitrogen and oxygen atoms in total. The molecule has 3 fully saturated rings. The van der Waals surface area contributed by atoms with Crippen molar-refractivity contribution in [3.8, 4) is 0 Å². The van der Waals surface area contributed by atoms with E-state index in [4.69, 9.17) is 0 Å². The van der Waals surface area contributed by atoms with E-state index < -0.39 is 0 Å². The molecule has 5 atom stereocenters. The van der Waals surface area contributed by atoms with Crippen LogP contribution in [-0.2, 0) is 0 Å². The standard InChI is InChI=1S/C30H44N2/c1-2-4-7-11-15-19-31-23-27-21-26-17-13-9-5-8-12-16-20-32-25-30(24-31,18-14-10-6-3-1)28(27)22-29(26)32/h1-2,5-7,9-11,17,27-29H,3-4,8,12-16,18-25H2/b2-1-,9-5+,10-6-,11-7-,26-17-/t27-,28-,29-,30-/m1/s1. The first kappa shape index (κ1) is 22.4. The number of fused-ring (bicyclic) bond motifs is 1.